The number of hydrogen-bond donors (Lipinski definition) is 2. The van der Waals surface area contributed by atoms with Crippen LogP contribution in [0, 0.1) is 0 Å². The summed E-state index contributed by atoms with van der Waals surface area (Å²) in [5.74, 6) is 0.317. The average molecular weight is 329 g/mol. The smallest absolute Gasteiger partial charge is 0.265 e. The summed E-state index contributed by atoms with van der Waals surface area (Å²) in [6.45, 7) is 2.69. The number of nitrogens with zero attached hydrogens (tertiary/aromatic N) is 4. The second-order valence-corrected chi connectivity index (χ2v) is 6.09. The van der Waals surface area contributed by atoms with E-state index in [1.54, 1.807) is 0 Å². The van der Waals surface area contributed by atoms with E-state index >= 15 is 0 Å². The van der Waals surface area contributed by atoms with E-state index in [2.05, 4.69) is 30.2 Å². The van der Waals surface area contributed by atoms with Crippen molar-refractivity contribution >= 4 is 33.4 Å². The highest BCUT2D eigenvalue weighted by Gasteiger charge is 2.18. The Bertz CT molecular complexity index is 710. The summed E-state index contributed by atoms with van der Waals surface area (Å²) in [4.78, 5) is 7.66. The fraction of sp³-hybridized carbons (Fsp3) is 0.273. The van der Waals surface area contributed by atoms with Crippen LogP contribution in [0.1, 0.15) is 13.3 Å². The van der Waals surface area contributed by atoms with Crippen LogP contribution in [0.5, 0.6) is 0 Å². The molecule has 0 bridgehead atoms. The van der Waals surface area contributed by atoms with Crippen LogP contribution >= 0.6 is 11.6 Å². The first-order chi connectivity index (χ1) is 10.0. The molecule has 2 N–H and O–H groups in total. The van der Waals surface area contributed by atoms with Gasteiger partial charge in [0.1, 0.15) is 10.7 Å². The summed E-state index contributed by atoms with van der Waals surface area (Å²) >= 11 is 6.01. The molecule has 0 amide bonds. The Labute approximate surface area is 127 Å². The lowest BCUT2D eigenvalue weighted by Crippen LogP contribution is -2.16. The summed E-state index contributed by atoms with van der Waals surface area (Å²) in [6, 6.07) is 1.31. The van der Waals surface area contributed by atoms with Gasteiger partial charge in [-0.05, 0) is 12.5 Å². The van der Waals surface area contributed by atoms with Gasteiger partial charge in [-0.1, -0.05) is 18.5 Å². The Morgan fingerprint density at radius 1 is 1.29 bits per heavy atom. The van der Waals surface area contributed by atoms with Crippen molar-refractivity contribution in [3.63, 3.8) is 0 Å². The van der Waals surface area contributed by atoms with E-state index in [9.17, 15) is 8.42 Å². The topological polar surface area (TPSA) is 110 Å². The number of sulfonamides is 1. The molecule has 0 radical (unpaired) electrons. The first kappa shape index (κ1) is 15.4. The predicted molar refractivity (Wildman–Crippen MR) is 78.7 cm³/mol. The maximum Gasteiger partial charge on any atom is 0.265 e. The molecule has 0 spiro atoms. The van der Waals surface area contributed by atoms with Crippen molar-refractivity contribution in [2.24, 2.45) is 0 Å². The number of halogens is 1. The van der Waals surface area contributed by atoms with E-state index in [1.165, 1.54) is 24.7 Å². The molecule has 0 aliphatic carbocycles. The molecular formula is C11H13ClN6O2S. The van der Waals surface area contributed by atoms with Crippen molar-refractivity contribution in [2.75, 3.05) is 16.6 Å². The van der Waals surface area contributed by atoms with E-state index in [4.69, 9.17) is 11.6 Å². The molecule has 0 unspecified atom stereocenters. The quantitative estimate of drug-likeness (QED) is 0.827. The summed E-state index contributed by atoms with van der Waals surface area (Å²) in [6.07, 6.45) is 4.78. The predicted octanol–water partition coefficient (Wildman–Crippen LogP) is 1.54. The molecule has 8 nitrogen and oxygen atoms in total. The Kier molecular flexibility index (Phi) is 4.86. The minimum atomic E-state index is -3.86. The molecular weight excluding hydrogens is 316 g/mol. The Morgan fingerprint density at radius 2 is 2.10 bits per heavy atom. The Morgan fingerprint density at radius 3 is 2.71 bits per heavy atom. The third kappa shape index (κ3) is 3.99. The van der Waals surface area contributed by atoms with E-state index < -0.39 is 10.0 Å². The third-order valence-electron chi connectivity index (χ3n) is 2.38. The van der Waals surface area contributed by atoms with E-state index in [1.807, 2.05) is 6.92 Å². The Hall–Kier alpha value is -2.00. The monoisotopic (exact) mass is 328 g/mol. The molecule has 0 atom stereocenters. The van der Waals surface area contributed by atoms with Gasteiger partial charge in [0.05, 0.1) is 17.4 Å². The highest BCUT2D eigenvalue weighted by atomic mass is 35.5. The van der Waals surface area contributed by atoms with Gasteiger partial charge in [-0.2, -0.15) is 5.10 Å². The molecule has 0 aromatic carbocycles. The molecule has 2 heterocycles. The third-order valence-corrected chi connectivity index (χ3v) is 3.96. The largest absolute Gasteiger partial charge is 0.369 e. The van der Waals surface area contributed by atoms with Gasteiger partial charge < -0.3 is 5.32 Å². The zero-order valence-electron chi connectivity index (χ0n) is 11.1. The van der Waals surface area contributed by atoms with Crippen LogP contribution in [0.2, 0.25) is 5.02 Å². The molecule has 0 aliphatic rings. The number of nitrogens with one attached hydrogen (secondary N) is 2. The highest BCUT2D eigenvalue weighted by Crippen LogP contribution is 2.23. The number of pyridine rings is 1. The lowest BCUT2D eigenvalue weighted by molar-refractivity contribution is 0.600. The van der Waals surface area contributed by atoms with Crippen LogP contribution in [-0.4, -0.2) is 35.1 Å². The lowest BCUT2D eigenvalue weighted by atomic mass is 10.4. The summed E-state index contributed by atoms with van der Waals surface area (Å²) < 4.78 is 26.5. The molecule has 0 aliphatic heterocycles. The average Bonchev–Trinajstić information content (AvgIpc) is 2.46. The van der Waals surface area contributed by atoms with Crippen LogP contribution in [0.15, 0.2) is 29.6 Å². The van der Waals surface area contributed by atoms with Gasteiger partial charge in [-0.15, -0.1) is 5.10 Å². The second-order valence-electron chi connectivity index (χ2n) is 4.00. The Balaban J connectivity index is 2.22. The van der Waals surface area contributed by atoms with Gasteiger partial charge >= 0.3 is 0 Å². The van der Waals surface area contributed by atoms with Crippen molar-refractivity contribution in [1.82, 2.24) is 20.2 Å². The van der Waals surface area contributed by atoms with Crippen molar-refractivity contribution in [2.45, 2.75) is 18.2 Å². The minimum Gasteiger partial charge on any atom is -0.369 e. The first-order valence-corrected chi connectivity index (χ1v) is 7.95. The molecule has 0 saturated carbocycles. The fourth-order valence-electron chi connectivity index (χ4n) is 1.41. The summed E-state index contributed by atoms with van der Waals surface area (Å²) in [5, 5.41) is 10.3. The maximum absolute atomic E-state index is 12.1. The van der Waals surface area contributed by atoms with Gasteiger partial charge in [0.25, 0.3) is 16.0 Å². The van der Waals surface area contributed by atoms with Gasteiger partial charge in [-0.25, -0.2) is 23.1 Å². The maximum atomic E-state index is 12.1. The highest BCUT2D eigenvalue weighted by molar-refractivity contribution is 7.92. The second kappa shape index (κ2) is 6.64. The van der Waals surface area contributed by atoms with Crippen LogP contribution in [-0.2, 0) is 10.0 Å². The van der Waals surface area contributed by atoms with Crippen molar-refractivity contribution in [3.05, 3.63) is 29.7 Å². The van der Waals surface area contributed by atoms with Gasteiger partial charge in [-0.3, -0.25) is 0 Å². The number of anilines is 2. The molecule has 2 rings (SSSR count). The SMILES string of the molecule is CCCNc1ncc(S(=O)(=O)Nc2nccnn2)cc1Cl. The van der Waals surface area contributed by atoms with Gasteiger partial charge in [0.2, 0.25) is 0 Å². The number of hydrogen-bond acceptors (Lipinski definition) is 7. The van der Waals surface area contributed by atoms with Gasteiger partial charge in [0.15, 0.2) is 0 Å². The van der Waals surface area contributed by atoms with E-state index in [0.29, 0.717) is 12.4 Å². The van der Waals surface area contributed by atoms with Crippen LogP contribution in [0.25, 0.3) is 0 Å². The van der Waals surface area contributed by atoms with Crippen LogP contribution in [0.4, 0.5) is 11.8 Å². The van der Waals surface area contributed by atoms with Crippen LogP contribution in [0.3, 0.4) is 0 Å². The molecule has 10 heteroatoms. The first-order valence-electron chi connectivity index (χ1n) is 6.09. The molecule has 112 valence electrons. The molecule has 2 aromatic heterocycles. The molecule has 0 fully saturated rings. The standard InChI is InChI=1S/C11H13ClN6O2S/c1-2-3-13-10-9(12)6-8(7-15-10)21(19,20)18-11-14-4-5-16-17-11/h4-7H,2-3H2,1H3,(H,13,15)(H,14,17,18). The van der Waals surface area contributed by atoms with Crippen molar-refractivity contribution in [1.29, 1.82) is 0 Å². The van der Waals surface area contributed by atoms with Gasteiger partial charge in [0, 0.05) is 12.7 Å². The fourth-order valence-corrected chi connectivity index (χ4v) is 2.63. The zero-order valence-corrected chi connectivity index (χ0v) is 12.7. The number of aromatic nitrogens is 4. The molecule has 2 aromatic rings. The summed E-state index contributed by atoms with van der Waals surface area (Å²) in [7, 11) is -3.86. The minimum absolute atomic E-state index is 0.0815. The normalized spacial score (nSPS) is 11.1. The summed E-state index contributed by atoms with van der Waals surface area (Å²) in [5.41, 5.74) is 0. The molecule has 0 saturated heterocycles. The van der Waals surface area contributed by atoms with E-state index in [-0.39, 0.29) is 15.9 Å². The van der Waals surface area contributed by atoms with Crippen molar-refractivity contribution in [3.8, 4) is 0 Å². The van der Waals surface area contributed by atoms with E-state index in [0.717, 1.165) is 6.42 Å². The molecule has 21 heavy (non-hydrogen) atoms. The zero-order chi connectivity index (χ0) is 15.3. The number of rotatable bonds is 6. The lowest BCUT2D eigenvalue weighted by Gasteiger charge is -2.09. The van der Waals surface area contributed by atoms with Crippen LogP contribution < -0.4 is 10.0 Å². The van der Waals surface area contributed by atoms with Crippen molar-refractivity contribution < 1.29 is 8.42 Å².